The highest BCUT2D eigenvalue weighted by Gasteiger charge is 2.23. The zero-order chi connectivity index (χ0) is 14.8. The summed E-state index contributed by atoms with van der Waals surface area (Å²) >= 11 is 1.69. The average molecular weight is 309 g/mol. The zero-order valence-corrected chi connectivity index (χ0v) is 13.2. The number of pyridine rings is 1. The topological polar surface area (TPSA) is 37.8 Å². The van der Waals surface area contributed by atoms with Gasteiger partial charge in [0.15, 0.2) is 0 Å². The number of hydrogen-bond acceptors (Lipinski definition) is 4. The summed E-state index contributed by atoms with van der Waals surface area (Å²) in [5.41, 5.74) is 5.57. The van der Waals surface area contributed by atoms with Gasteiger partial charge < -0.3 is 5.32 Å². The first kappa shape index (κ1) is 13.7. The largest absolute Gasteiger partial charge is 0.382 e. The molecular formula is C18H19N3S. The summed E-state index contributed by atoms with van der Waals surface area (Å²) < 4.78 is 1.25. The van der Waals surface area contributed by atoms with Crippen LogP contribution in [0.2, 0.25) is 0 Å². The molecule has 2 heterocycles. The van der Waals surface area contributed by atoms with Gasteiger partial charge in [-0.05, 0) is 55.0 Å². The second-order valence-electron chi connectivity index (χ2n) is 6.03. The van der Waals surface area contributed by atoms with E-state index in [2.05, 4.69) is 39.6 Å². The van der Waals surface area contributed by atoms with Gasteiger partial charge in [-0.1, -0.05) is 12.5 Å². The Bertz CT molecular complexity index is 753. The smallest absolute Gasteiger partial charge is 0.0832 e. The minimum Gasteiger partial charge on any atom is -0.382 e. The lowest BCUT2D eigenvalue weighted by atomic mass is 9.82. The number of nitrogens with one attached hydrogen (secondary N) is 1. The van der Waals surface area contributed by atoms with Crippen LogP contribution in [0.1, 0.15) is 37.2 Å². The molecule has 1 N–H and O–H groups in total. The molecule has 1 saturated carbocycles. The van der Waals surface area contributed by atoms with Crippen LogP contribution >= 0.6 is 11.3 Å². The lowest BCUT2D eigenvalue weighted by molar-refractivity contribution is 0.410. The maximum atomic E-state index is 4.41. The van der Waals surface area contributed by atoms with Gasteiger partial charge in [0.25, 0.3) is 0 Å². The van der Waals surface area contributed by atoms with Gasteiger partial charge >= 0.3 is 0 Å². The number of thiazole rings is 1. The Morgan fingerprint density at radius 1 is 1.18 bits per heavy atom. The molecule has 3 aromatic rings. The van der Waals surface area contributed by atoms with Gasteiger partial charge in [0.2, 0.25) is 0 Å². The number of aromatic nitrogens is 2. The Balaban J connectivity index is 1.48. The summed E-state index contributed by atoms with van der Waals surface area (Å²) in [5.74, 6) is 0.628. The molecule has 1 aliphatic rings. The summed E-state index contributed by atoms with van der Waals surface area (Å²) in [6, 6.07) is 11.3. The van der Waals surface area contributed by atoms with Crippen molar-refractivity contribution in [1.29, 1.82) is 0 Å². The first-order valence-corrected chi connectivity index (χ1v) is 8.76. The number of hydrogen-bond donors (Lipinski definition) is 1. The fraction of sp³-hybridized carbons (Fsp3) is 0.333. The molecule has 3 nitrogen and oxygen atoms in total. The second kappa shape index (κ2) is 6.05. The van der Waals surface area contributed by atoms with Crippen LogP contribution in [0.25, 0.3) is 10.2 Å². The predicted octanol–water partition coefficient (Wildman–Crippen LogP) is 4.83. The Kier molecular flexibility index (Phi) is 3.77. The molecule has 0 aliphatic heterocycles. The molecule has 2 aromatic heterocycles. The molecule has 0 radical (unpaired) electrons. The molecule has 0 saturated heterocycles. The van der Waals surface area contributed by atoms with Crippen molar-refractivity contribution in [1.82, 2.24) is 9.97 Å². The fourth-order valence-corrected chi connectivity index (χ4v) is 4.08. The number of nitrogens with zero attached hydrogens (tertiary/aromatic N) is 2. The third-order valence-electron chi connectivity index (χ3n) is 4.53. The predicted molar refractivity (Wildman–Crippen MR) is 92.5 cm³/mol. The van der Waals surface area contributed by atoms with Gasteiger partial charge in [-0.2, -0.15) is 0 Å². The van der Waals surface area contributed by atoms with E-state index in [1.807, 2.05) is 24.0 Å². The van der Waals surface area contributed by atoms with Crippen molar-refractivity contribution in [3.8, 4) is 0 Å². The van der Waals surface area contributed by atoms with Gasteiger partial charge in [-0.3, -0.25) is 4.98 Å². The Hall–Kier alpha value is -1.94. The van der Waals surface area contributed by atoms with Crippen LogP contribution in [0.4, 0.5) is 5.69 Å². The lowest BCUT2D eigenvalue weighted by Crippen LogP contribution is -2.26. The summed E-state index contributed by atoms with van der Waals surface area (Å²) in [4.78, 5) is 8.67. The number of anilines is 1. The van der Waals surface area contributed by atoms with Gasteiger partial charge in [0.05, 0.1) is 15.7 Å². The van der Waals surface area contributed by atoms with Gasteiger partial charge in [-0.25, -0.2) is 4.98 Å². The number of benzene rings is 1. The van der Waals surface area contributed by atoms with Crippen molar-refractivity contribution in [3.05, 3.63) is 53.8 Å². The quantitative estimate of drug-likeness (QED) is 0.753. The van der Waals surface area contributed by atoms with E-state index in [0.717, 1.165) is 5.52 Å². The normalized spacial score (nSPS) is 21.8. The Labute approximate surface area is 134 Å². The molecule has 0 spiro atoms. The van der Waals surface area contributed by atoms with Crippen molar-refractivity contribution in [2.24, 2.45) is 0 Å². The average Bonchev–Trinajstić information content (AvgIpc) is 3.04. The molecular weight excluding hydrogens is 290 g/mol. The molecule has 2 unspecified atom stereocenters. The molecule has 1 aromatic carbocycles. The third kappa shape index (κ3) is 2.83. The third-order valence-corrected chi connectivity index (χ3v) is 5.34. The van der Waals surface area contributed by atoms with Crippen LogP contribution in [-0.2, 0) is 0 Å². The summed E-state index contributed by atoms with van der Waals surface area (Å²) in [5, 5.41) is 3.71. The van der Waals surface area contributed by atoms with Crippen LogP contribution in [0.3, 0.4) is 0 Å². The van der Waals surface area contributed by atoms with Crippen molar-refractivity contribution in [2.75, 3.05) is 5.32 Å². The van der Waals surface area contributed by atoms with E-state index in [0.29, 0.717) is 12.0 Å². The standard InChI is InChI=1S/C18H19N3S/c1-3-13(14-4-2-8-19-11-14)9-15(5-1)21-16-6-7-18-17(10-16)20-12-22-18/h2,4,6-8,10-13,15,21H,1,3,5,9H2. The minimum atomic E-state index is 0.537. The van der Waals surface area contributed by atoms with E-state index in [-0.39, 0.29) is 0 Å². The first-order valence-electron chi connectivity index (χ1n) is 7.88. The number of fused-ring (bicyclic) bond motifs is 1. The van der Waals surface area contributed by atoms with E-state index >= 15 is 0 Å². The molecule has 112 valence electrons. The van der Waals surface area contributed by atoms with Crippen molar-refractivity contribution in [3.63, 3.8) is 0 Å². The highest BCUT2D eigenvalue weighted by Crippen LogP contribution is 2.34. The van der Waals surface area contributed by atoms with Gasteiger partial charge in [-0.15, -0.1) is 11.3 Å². The van der Waals surface area contributed by atoms with E-state index in [9.17, 15) is 0 Å². The molecule has 0 amide bonds. The molecule has 4 heteroatoms. The van der Waals surface area contributed by atoms with Gasteiger partial charge in [0, 0.05) is 24.1 Å². The van der Waals surface area contributed by atoms with Crippen molar-refractivity contribution in [2.45, 2.75) is 37.6 Å². The van der Waals surface area contributed by atoms with Gasteiger partial charge in [0.1, 0.15) is 0 Å². The Morgan fingerprint density at radius 3 is 3.09 bits per heavy atom. The van der Waals surface area contributed by atoms with Crippen molar-refractivity contribution >= 4 is 27.2 Å². The molecule has 22 heavy (non-hydrogen) atoms. The van der Waals surface area contributed by atoms with Crippen LogP contribution in [0, 0.1) is 0 Å². The lowest BCUT2D eigenvalue weighted by Gasteiger charge is -2.30. The molecule has 1 fully saturated rings. The van der Waals surface area contributed by atoms with E-state index in [1.165, 1.54) is 41.6 Å². The van der Waals surface area contributed by atoms with Crippen LogP contribution < -0.4 is 5.32 Å². The van der Waals surface area contributed by atoms with Crippen LogP contribution in [0.5, 0.6) is 0 Å². The second-order valence-corrected chi connectivity index (χ2v) is 6.91. The highest BCUT2D eigenvalue weighted by atomic mass is 32.1. The van der Waals surface area contributed by atoms with Crippen molar-refractivity contribution < 1.29 is 0 Å². The first-order chi connectivity index (χ1) is 10.9. The number of rotatable bonds is 3. The highest BCUT2D eigenvalue weighted by molar-refractivity contribution is 7.16. The molecule has 1 aliphatic carbocycles. The summed E-state index contributed by atoms with van der Waals surface area (Å²) in [6.45, 7) is 0. The van der Waals surface area contributed by atoms with E-state index in [1.54, 1.807) is 11.3 Å². The zero-order valence-electron chi connectivity index (χ0n) is 12.4. The van der Waals surface area contributed by atoms with E-state index < -0.39 is 0 Å². The monoisotopic (exact) mass is 309 g/mol. The maximum absolute atomic E-state index is 4.41. The molecule has 0 bridgehead atoms. The summed E-state index contributed by atoms with van der Waals surface area (Å²) in [7, 11) is 0. The maximum Gasteiger partial charge on any atom is 0.0832 e. The summed E-state index contributed by atoms with van der Waals surface area (Å²) in [6.07, 6.45) is 8.84. The molecule has 4 rings (SSSR count). The Morgan fingerprint density at radius 2 is 2.18 bits per heavy atom. The minimum absolute atomic E-state index is 0.537. The van der Waals surface area contributed by atoms with E-state index in [4.69, 9.17) is 0 Å². The molecule has 2 atom stereocenters. The van der Waals surface area contributed by atoms with Crippen LogP contribution in [0.15, 0.2) is 48.2 Å². The SMILES string of the molecule is c1cncc(C2CCCC(Nc3ccc4scnc4c3)C2)c1. The van der Waals surface area contributed by atoms with Crippen LogP contribution in [-0.4, -0.2) is 16.0 Å². The fourth-order valence-electron chi connectivity index (χ4n) is 3.42.